The normalized spacial score (nSPS) is 20.3. The van der Waals surface area contributed by atoms with Crippen LogP contribution in [0.2, 0.25) is 0 Å². The van der Waals surface area contributed by atoms with E-state index in [0.717, 1.165) is 17.7 Å². The number of carbonyl (C=O) groups excluding carboxylic acids is 2. The first-order valence-corrected chi connectivity index (χ1v) is 6.70. The Morgan fingerprint density at radius 2 is 2.16 bits per heavy atom. The quantitative estimate of drug-likeness (QED) is 0.887. The minimum absolute atomic E-state index is 0.0582. The second-order valence-electron chi connectivity index (χ2n) is 5.12. The number of amides is 2. The van der Waals surface area contributed by atoms with E-state index in [0.29, 0.717) is 6.54 Å². The number of anilines is 1. The summed E-state index contributed by atoms with van der Waals surface area (Å²) in [6, 6.07) is 7.25. The highest BCUT2D eigenvalue weighted by Gasteiger charge is 2.34. The molecule has 0 spiro atoms. The topological polar surface area (TPSA) is 49.4 Å². The van der Waals surface area contributed by atoms with Crippen molar-refractivity contribution in [2.24, 2.45) is 5.92 Å². The summed E-state index contributed by atoms with van der Waals surface area (Å²) in [5, 5.41) is 2.94. The molecule has 0 saturated heterocycles. The highest BCUT2D eigenvalue weighted by molar-refractivity contribution is 5.98. The van der Waals surface area contributed by atoms with Gasteiger partial charge >= 0.3 is 0 Å². The van der Waals surface area contributed by atoms with Crippen LogP contribution in [0.3, 0.4) is 0 Å². The summed E-state index contributed by atoms with van der Waals surface area (Å²) in [5.74, 6) is -0.00938. The van der Waals surface area contributed by atoms with Crippen molar-refractivity contribution in [1.29, 1.82) is 0 Å². The van der Waals surface area contributed by atoms with Gasteiger partial charge in [0.15, 0.2) is 0 Å². The number of rotatable bonds is 2. The molecule has 0 aromatic heterocycles. The van der Waals surface area contributed by atoms with Gasteiger partial charge in [0, 0.05) is 19.2 Å². The molecule has 102 valence electrons. The Bertz CT molecular complexity index is 499. The highest BCUT2D eigenvalue weighted by atomic mass is 16.2. The number of para-hydroxylation sites is 1. The first kappa shape index (κ1) is 13.6. The minimum atomic E-state index is -0.394. The second kappa shape index (κ2) is 5.43. The zero-order valence-corrected chi connectivity index (χ0v) is 11.6. The van der Waals surface area contributed by atoms with E-state index in [1.807, 2.05) is 38.1 Å². The largest absolute Gasteiger partial charge is 0.326 e. The Morgan fingerprint density at radius 3 is 2.79 bits per heavy atom. The van der Waals surface area contributed by atoms with Crippen LogP contribution in [0, 0.1) is 5.92 Å². The molecule has 0 fully saturated rings. The highest BCUT2D eigenvalue weighted by Crippen LogP contribution is 2.26. The molecule has 0 aliphatic carbocycles. The molecular weight excluding hydrogens is 240 g/mol. The van der Waals surface area contributed by atoms with Crippen molar-refractivity contribution in [1.82, 2.24) is 4.90 Å². The number of benzene rings is 1. The Hall–Kier alpha value is -1.84. The third kappa shape index (κ3) is 2.62. The molecule has 1 aliphatic rings. The third-order valence-electron chi connectivity index (χ3n) is 3.81. The van der Waals surface area contributed by atoms with Gasteiger partial charge in [0.1, 0.15) is 6.04 Å². The van der Waals surface area contributed by atoms with Crippen LogP contribution in [-0.2, 0) is 16.1 Å². The van der Waals surface area contributed by atoms with E-state index in [1.165, 1.54) is 6.92 Å². The van der Waals surface area contributed by atoms with Gasteiger partial charge < -0.3 is 10.2 Å². The average Bonchev–Trinajstić information content (AvgIpc) is 2.53. The molecule has 0 radical (unpaired) electrons. The molecule has 0 saturated carbocycles. The van der Waals surface area contributed by atoms with Crippen molar-refractivity contribution in [3.05, 3.63) is 29.8 Å². The van der Waals surface area contributed by atoms with Gasteiger partial charge in [-0.15, -0.1) is 0 Å². The maximum Gasteiger partial charge on any atom is 0.247 e. The molecule has 4 heteroatoms. The van der Waals surface area contributed by atoms with E-state index in [2.05, 4.69) is 5.32 Å². The molecule has 2 amide bonds. The van der Waals surface area contributed by atoms with Crippen molar-refractivity contribution in [3.8, 4) is 0 Å². The average molecular weight is 260 g/mol. The molecule has 19 heavy (non-hydrogen) atoms. The predicted molar refractivity (Wildman–Crippen MR) is 74.5 cm³/mol. The van der Waals surface area contributed by atoms with Gasteiger partial charge in [-0.3, -0.25) is 9.59 Å². The molecule has 4 nitrogen and oxygen atoms in total. The lowest BCUT2D eigenvalue weighted by Crippen LogP contribution is -2.48. The van der Waals surface area contributed by atoms with Crippen LogP contribution < -0.4 is 5.32 Å². The van der Waals surface area contributed by atoms with Crippen LogP contribution in [-0.4, -0.2) is 22.8 Å². The van der Waals surface area contributed by atoms with Gasteiger partial charge in [-0.05, 0) is 17.5 Å². The molecule has 1 aromatic carbocycles. The Kier molecular flexibility index (Phi) is 3.88. The smallest absolute Gasteiger partial charge is 0.247 e. The summed E-state index contributed by atoms with van der Waals surface area (Å²) in [4.78, 5) is 25.9. The summed E-state index contributed by atoms with van der Waals surface area (Å²) in [6.07, 6.45) is 0.859. The molecule has 2 rings (SSSR count). The predicted octanol–water partition coefficient (Wildman–Crippen LogP) is 2.40. The Morgan fingerprint density at radius 1 is 1.47 bits per heavy atom. The van der Waals surface area contributed by atoms with Crippen LogP contribution in [0.15, 0.2) is 24.3 Å². The molecule has 1 aromatic rings. The molecule has 1 N–H and O–H groups in total. The summed E-state index contributed by atoms with van der Waals surface area (Å²) in [5.41, 5.74) is 1.79. The maximum absolute atomic E-state index is 12.4. The number of hydrogen-bond donors (Lipinski definition) is 1. The summed E-state index contributed by atoms with van der Waals surface area (Å²) < 4.78 is 0. The SMILES string of the molecule is CC[C@H](C)C1C(=O)Nc2ccccc2CN1C(C)=O. The fourth-order valence-electron chi connectivity index (χ4n) is 2.51. The van der Waals surface area contributed by atoms with E-state index in [4.69, 9.17) is 0 Å². The molecule has 1 heterocycles. The number of carbonyl (C=O) groups is 2. The van der Waals surface area contributed by atoms with Crippen molar-refractivity contribution in [2.45, 2.75) is 39.8 Å². The van der Waals surface area contributed by atoms with E-state index < -0.39 is 6.04 Å². The van der Waals surface area contributed by atoms with Crippen molar-refractivity contribution >= 4 is 17.5 Å². The van der Waals surface area contributed by atoms with E-state index in [-0.39, 0.29) is 17.7 Å². The van der Waals surface area contributed by atoms with Crippen LogP contribution in [0.1, 0.15) is 32.8 Å². The molecule has 2 atom stereocenters. The zero-order chi connectivity index (χ0) is 14.0. The lowest BCUT2D eigenvalue weighted by atomic mass is 9.96. The van der Waals surface area contributed by atoms with Crippen molar-refractivity contribution in [2.75, 3.05) is 5.32 Å². The van der Waals surface area contributed by atoms with Crippen LogP contribution in [0.5, 0.6) is 0 Å². The zero-order valence-electron chi connectivity index (χ0n) is 11.6. The van der Waals surface area contributed by atoms with Gasteiger partial charge in [-0.2, -0.15) is 0 Å². The van der Waals surface area contributed by atoms with Gasteiger partial charge in [-0.1, -0.05) is 38.5 Å². The van der Waals surface area contributed by atoms with Crippen molar-refractivity contribution in [3.63, 3.8) is 0 Å². The fraction of sp³-hybridized carbons (Fsp3) is 0.467. The second-order valence-corrected chi connectivity index (χ2v) is 5.12. The molecule has 1 aliphatic heterocycles. The number of nitrogens with zero attached hydrogens (tertiary/aromatic N) is 1. The van der Waals surface area contributed by atoms with Crippen LogP contribution in [0.4, 0.5) is 5.69 Å². The lowest BCUT2D eigenvalue weighted by molar-refractivity contribution is -0.139. The van der Waals surface area contributed by atoms with E-state index >= 15 is 0 Å². The molecular formula is C15H20N2O2. The first-order chi connectivity index (χ1) is 9.04. The van der Waals surface area contributed by atoms with E-state index in [9.17, 15) is 9.59 Å². The number of fused-ring (bicyclic) bond motifs is 1. The van der Waals surface area contributed by atoms with Gasteiger partial charge in [-0.25, -0.2) is 0 Å². The summed E-state index contributed by atoms with van der Waals surface area (Å²) >= 11 is 0. The Balaban J connectivity index is 2.42. The van der Waals surface area contributed by atoms with Gasteiger partial charge in [0.25, 0.3) is 0 Å². The van der Waals surface area contributed by atoms with Crippen molar-refractivity contribution < 1.29 is 9.59 Å². The summed E-state index contributed by atoms with van der Waals surface area (Å²) in [7, 11) is 0. The van der Waals surface area contributed by atoms with Gasteiger partial charge in [0.05, 0.1) is 0 Å². The summed E-state index contributed by atoms with van der Waals surface area (Å²) in [6.45, 7) is 6.06. The van der Waals surface area contributed by atoms with Crippen LogP contribution in [0.25, 0.3) is 0 Å². The lowest BCUT2D eigenvalue weighted by Gasteiger charge is -2.31. The first-order valence-electron chi connectivity index (χ1n) is 6.70. The fourth-order valence-corrected chi connectivity index (χ4v) is 2.51. The van der Waals surface area contributed by atoms with E-state index in [1.54, 1.807) is 4.90 Å². The van der Waals surface area contributed by atoms with Gasteiger partial charge in [0.2, 0.25) is 11.8 Å². The molecule has 1 unspecified atom stereocenters. The monoisotopic (exact) mass is 260 g/mol. The Labute approximate surface area is 113 Å². The standard InChI is InChI=1S/C15H20N2O2/c1-4-10(2)14-15(19)16-13-8-6-5-7-12(13)9-17(14)11(3)18/h5-8,10,14H,4,9H2,1-3H3,(H,16,19)/t10-,14?/m0/s1. The number of hydrogen-bond acceptors (Lipinski definition) is 2. The third-order valence-corrected chi connectivity index (χ3v) is 3.81. The maximum atomic E-state index is 12.4. The number of nitrogens with one attached hydrogen (secondary N) is 1. The molecule has 0 bridgehead atoms. The minimum Gasteiger partial charge on any atom is -0.326 e. The van der Waals surface area contributed by atoms with Crippen LogP contribution >= 0.6 is 0 Å².